The minimum absolute atomic E-state index is 0.930. The molecule has 0 saturated heterocycles. The van der Waals surface area contributed by atoms with Crippen LogP contribution < -0.4 is 0 Å². The van der Waals surface area contributed by atoms with E-state index in [9.17, 15) is 0 Å². The first-order valence-corrected chi connectivity index (χ1v) is 10.9. The second-order valence-corrected chi connectivity index (χ2v) is 8.27. The van der Waals surface area contributed by atoms with Crippen LogP contribution in [0.5, 0.6) is 0 Å². The van der Waals surface area contributed by atoms with Crippen LogP contribution in [0.15, 0.2) is 59.8 Å². The Morgan fingerprint density at radius 2 is 2.04 bits per heavy atom. The number of fused-ring (bicyclic) bond motifs is 2. The van der Waals surface area contributed by atoms with Crippen LogP contribution in [-0.4, -0.2) is 25.5 Å². The van der Waals surface area contributed by atoms with Gasteiger partial charge in [0, 0.05) is 40.5 Å². The Morgan fingerprint density at radius 3 is 2.89 bits per heavy atom. The van der Waals surface area contributed by atoms with Gasteiger partial charge in [-0.25, -0.2) is 0 Å². The Balaban J connectivity index is 1.70. The highest BCUT2D eigenvalue weighted by Gasteiger charge is 2.25. The van der Waals surface area contributed by atoms with Gasteiger partial charge in [0.15, 0.2) is 0 Å². The van der Waals surface area contributed by atoms with Gasteiger partial charge in [0.2, 0.25) is 0 Å². The fraction of sp³-hybridized carbons (Fsp3) is 0.261. The lowest BCUT2D eigenvalue weighted by Crippen LogP contribution is -1.94. The Morgan fingerprint density at radius 1 is 1.07 bits per heavy atom. The molecule has 1 aliphatic rings. The molecular formula is C23H22N4S. The molecule has 0 unspecified atom stereocenters. The fourth-order valence-corrected chi connectivity index (χ4v) is 4.75. The Kier molecular flexibility index (Phi) is 4.61. The maximum Gasteiger partial charge on any atom is 0.119 e. The van der Waals surface area contributed by atoms with Crippen LogP contribution in [0.2, 0.25) is 0 Å². The first-order valence-electron chi connectivity index (χ1n) is 9.88. The summed E-state index contributed by atoms with van der Waals surface area (Å²) >= 11 is 1.89. The second-order valence-electron chi connectivity index (χ2n) is 7.10. The normalized spacial score (nSPS) is 13.2. The molecule has 4 nitrogen and oxygen atoms in total. The lowest BCUT2D eigenvalue weighted by atomic mass is 9.97. The van der Waals surface area contributed by atoms with E-state index in [4.69, 9.17) is 5.10 Å². The zero-order valence-corrected chi connectivity index (χ0v) is 16.7. The average Bonchev–Trinajstić information content (AvgIpc) is 3.33. The van der Waals surface area contributed by atoms with E-state index in [1.807, 2.05) is 42.4 Å². The molecule has 0 spiro atoms. The highest BCUT2D eigenvalue weighted by atomic mass is 32.2. The molecule has 1 aromatic carbocycles. The third-order valence-corrected chi connectivity index (χ3v) is 6.40. The van der Waals surface area contributed by atoms with Crippen molar-refractivity contribution in [1.82, 2.24) is 19.7 Å². The fourth-order valence-electron chi connectivity index (χ4n) is 3.95. The summed E-state index contributed by atoms with van der Waals surface area (Å²) in [5, 5.41) is 6.12. The molecule has 140 valence electrons. The molecule has 1 aliphatic heterocycles. The summed E-state index contributed by atoms with van der Waals surface area (Å²) in [6.07, 6.45) is 7.15. The van der Waals surface area contributed by atoms with Gasteiger partial charge in [0.1, 0.15) is 5.69 Å². The highest BCUT2D eigenvalue weighted by Crippen LogP contribution is 2.40. The molecule has 3 aromatic heterocycles. The Labute approximate surface area is 169 Å². The molecular weight excluding hydrogens is 364 g/mol. The molecule has 5 rings (SSSR count). The first kappa shape index (κ1) is 17.4. The molecule has 28 heavy (non-hydrogen) atoms. The zero-order chi connectivity index (χ0) is 18.9. The average molecular weight is 387 g/mol. The van der Waals surface area contributed by atoms with Crippen molar-refractivity contribution >= 4 is 22.7 Å². The number of benzene rings is 1. The third-order valence-electron chi connectivity index (χ3n) is 5.21. The Bertz CT molecular complexity index is 1130. The molecule has 0 aliphatic carbocycles. The number of thioether (sulfide) groups is 1. The van der Waals surface area contributed by atoms with Crippen molar-refractivity contribution in [2.75, 3.05) is 5.75 Å². The van der Waals surface area contributed by atoms with Crippen molar-refractivity contribution < 1.29 is 0 Å². The minimum Gasteiger partial charge on any atom is -0.268 e. The van der Waals surface area contributed by atoms with E-state index in [0.29, 0.717) is 0 Å². The molecule has 0 radical (unpaired) electrons. The van der Waals surface area contributed by atoms with E-state index in [1.54, 1.807) is 0 Å². The predicted octanol–water partition coefficient (Wildman–Crippen LogP) is 5.61. The topological polar surface area (TPSA) is 43.6 Å². The highest BCUT2D eigenvalue weighted by molar-refractivity contribution is 7.99. The van der Waals surface area contributed by atoms with Crippen molar-refractivity contribution in [3.63, 3.8) is 0 Å². The molecule has 5 heteroatoms. The van der Waals surface area contributed by atoms with Gasteiger partial charge in [-0.3, -0.25) is 14.6 Å². The maximum absolute atomic E-state index is 4.93. The van der Waals surface area contributed by atoms with E-state index < -0.39 is 0 Å². The van der Waals surface area contributed by atoms with Gasteiger partial charge in [0.05, 0.1) is 11.2 Å². The van der Waals surface area contributed by atoms with Crippen LogP contribution in [0.4, 0.5) is 0 Å². The van der Waals surface area contributed by atoms with Gasteiger partial charge in [0.25, 0.3) is 0 Å². The molecule has 0 amide bonds. The van der Waals surface area contributed by atoms with Crippen LogP contribution in [-0.2, 0) is 13.0 Å². The summed E-state index contributed by atoms with van der Waals surface area (Å²) in [5.74, 6) is 1.13. The number of aromatic nitrogens is 4. The van der Waals surface area contributed by atoms with Crippen LogP contribution in [0.3, 0.4) is 0 Å². The molecule has 0 fully saturated rings. The van der Waals surface area contributed by atoms with Crippen molar-refractivity contribution in [3.05, 3.63) is 60.6 Å². The lowest BCUT2D eigenvalue weighted by molar-refractivity contribution is 0.658. The van der Waals surface area contributed by atoms with Gasteiger partial charge < -0.3 is 0 Å². The smallest absolute Gasteiger partial charge is 0.119 e. The largest absolute Gasteiger partial charge is 0.268 e. The quantitative estimate of drug-likeness (QED) is 0.418. The number of nitrogens with zero attached hydrogens (tertiary/aromatic N) is 4. The number of rotatable bonds is 5. The van der Waals surface area contributed by atoms with Crippen molar-refractivity contribution in [1.29, 1.82) is 0 Å². The number of aryl methyl sites for hydroxylation is 1. The molecule has 0 bridgehead atoms. The summed E-state index contributed by atoms with van der Waals surface area (Å²) in [7, 11) is 0. The monoisotopic (exact) mass is 386 g/mol. The van der Waals surface area contributed by atoms with Gasteiger partial charge >= 0.3 is 0 Å². The lowest BCUT2D eigenvalue weighted by Gasteiger charge is -2.10. The summed E-state index contributed by atoms with van der Waals surface area (Å²) in [4.78, 5) is 10.5. The van der Waals surface area contributed by atoms with Crippen molar-refractivity contribution in [3.8, 4) is 22.5 Å². The molecule has 0 saturated carbocycles. The van der Waals surface area contributed by atoms with Gasteiger partial charge in [-0.2, -0.15) is 5.10 Å². The van der Waals surface area contributed by atoms with E-state index in [1.165, 1.54) is 33.5 Å². The van der Waals surface area contributed by atoms with Crippen LogP contribution in [0.25, 0.3) is 33.4 Å². The number of hydrogen-bond acceptors (Lipinski definition) is 4. The molecule has 4 heterocycles. The van der Waals surface area contributed by atoms with E-state index in [0.717, 1.165) is 42.0 Å². The van der Waals surface area contributed by atoms with Crippen LogP contribution in [0, 0.1) is 0 Å². The number of pyridine rings is 2. The second kappa shape index (κ2) is 7.40. The molecule has 0 atom stereocenters. The summed E-state index contributed by atoms with van der Waals surface area (Å²) in [6.45, 7) is 3.19. The van der Waals surface area contributed by atoms with Gasteiger partial charge in [-0.05, 0) is 60.9 Å². The summed E-state index contributed by atoms with van der Waals surface area (Å²) in [6, 6.07) is 14.8. The van der Waals surface area contributed by atoms with Gasteiger partial charge in [-0.15, -0.1) is 11.8 Å². The summed E-state index contributed by atoms with van der Waals surface area (Å²) < 4.78 is 2.16. The summed E-state index contributed by atoms with van der Waals surface area (Å²) in [5.41, 5.74) is 6.70. The SMILES string of the molecule is CCCSc1ccc2c(-c3c(-c4ccccn4)nn4c3CCC4)ccnc2c1. The predicted molar refractivity (Wildman–Crippen MR) is 116 cm³/mol. The molecule has 4 aromatic rings. The van der Waals surface area contributed by atoms with Crippen LogP contribution >= 0.6 is 11.8 Å². The third kappa shape index (κ3) is 3.00. The van der Waals surface area contributed by atoms with Crippen molar-refractivity contribution in [2.24, 2.45) is 0 Å². The molecule has 0 N–H and O–H groups in total. The minimum atomic E-state index is 0.930. The maximum atomic E-state index is 4.93. The van der Waals surface area contributed by atoms with Gasteiger partial charge in [-0.1, -0.05) is 19.1 Å². The van der Waals surface area contributed by atoms with E-state index in [2.05, 4.69) is 45.8 Å². The van der Waals surface area contributed by atoms with E-state index in [-0.39, 0.29) is 0 Å². The number of hydrogen-bond donors (Lipinski definition) is 0. The zero-order valence-electron chi connectivity index (χ0n) is 15.9. The Hall–Kier alpha value is -2.66. The first-order chi connectivity index (χ1) is 13.8. The van der Waals surface area contributed by atoms with E-state index >= 15 is 0 Å². The van der Waals surface area contributed by atoms with Crippen molar-refractivity contribution in [2.45, 2.75) is 37.6 Å². The van der Waals surface area contributed by atoms with Crippen LogP contribution in [0.1, 0.15) is 25.5 Å². The standard InChI is InChI=1S/C23H22N4S/c1-2-14-28-16-8-9-17-18(10-12-25-20(17)15-16)22-21-7-5-13-27(21)26-23(22)19-6-3-4-11-24-19/h3-4,6,8-12,15H,2,5,7,13-14H2,1H3.